The van der Waals surface area contributed by atoms with Crippen LogP contribution in [-0.4, -0.2) is 10.5 Å². The number of anilines is 1. The summed E-state index contributed by atoms with van der Waals surface area (Å²) in [7, 11) is 0. The van der Waals surface area contributed by atoms with Gasteiger partial charge in [-0.05, 0) is 38.8 Å². The normalized spacial score (nSPS) is 10.3. The van der Waals surface area contributed by atoms with Gasteiger partial charge in [0.15, 0.2) is 6.54 Å². The molecule has 0 unspecified atom stereocenters. The van der Waals surface area contributed by atoms with Crippen LogP contribution in [-0.2, 0) is 44.0 Å². The van der Waals surface area contributed by atoms with Crippen molar-refractivity contribution >= 4 is 11.6 Å². The standard InChI is InChI=1S/C16H21N3O.Y/c1-12(2)19-9-8-18(11-19)10-15(20)17-16-13(3)6-5-7-14(16)4;/h5-9,11-12H,10H2,1-4H3;/p+1. The number of rotatable bonds is 4. The summed E-state index contributed by atoms with van der Waals surface area (Å²) in [6, 6.07) is 6.41. The van der Waals surface area contributed by atoms with Crippen LogP contribution < -0.4 is 9.88 Å². The molecule has 0 atom stereocenters. The van der Waals surface area contributed by atoms with Gasteiger partial charge in [-0.3, -0.25) is 4.79 Å². The van der Waals surface area contributed by atoms with Crippen LogP contribution in [0.4, 0.5) is 5.69 Å². The van der Waals surface area contributed by atoms with Gasteiger partial charge in [0, 0.05) is 38.4 Å². The molecule has 4 nitrogen and oxygen atoms in total. The molecule has 0 saturated carbocycles. The van der Waals surface area contributed by atoms with Crippen LogP contribution >= 0.6 is 0 Å². The zero-order chi connectivity index (χ0) is 14.7. The Labute approximate surface area is 151 Å². The number of carbonyl (C=O) groups excluding carboxylic acids is 1. The third-order valence-corrected chi connectivity index (χ3v) is 3.38. The number of hydrogen-bond donors (Lipinski definition) is 1. The maximum absolute atomic E-state index is 12.1. The van der Waals surface area contributed by atoms with Crippen molar-refractivity contribution in [2.75, 3.05) is 5.32 Å². The molecule has 0 aliphatic heterocycles. The molecule has 2 rings (SSSR count). The van der Waals surface area contributed by atoms with E-state index in [0.717, 1.165) is 16.8 Å². The molecule has 0 aliphatic rings. The van der Waals surface area contributed by atoms with Crippen molar-refractivity contribution in [1.82, 2.24) is 4.57 Å². The second-order valence-corrected chi connectivity index (χ2v) is 5.44. The molecule has 0 saturated heterocycles. The quantitative estimate of drug-likeness (QED) is 0.836. The van der Waals surface area contributed by atoms with E-state index < -0.39 is 0 Å². The number of aromatic nitrogens is 2. The van der Waals surface area contributed by atoms with Gasteiger partial charge < -0.3 is 5.32 Å². The number of benzene rings is 1. The SMILES string of the molecule is Cc1cccc(C)c1NC(=O)C[n+]1ccn(C(C)C)c1.[Y]. The van der Waals surface area contributed by atoms with E-state index in [2.05, 4.69) is 23.7 Å². The summed E-state index contributed by atoms with van der Waals surface area (Å²) in [5.74, 6) is -0.00564. The minimum Gasteiger partial charge on any atom is -0.322 e. The van der Waals surface area contributed by atoms with Gasteiger partial charge in [-0.2, -0.15) is 0 Å². The second-order valence-electron chi connectivity index (χ2n) is 5.44. The van der Waals surface area contributed by atoms with Crippen LogP contribution in [0.1, 0.15) is 31.0 Å². The number of aryl methyl sites for hydroxylation is 2. The first-order valence-corrected chi connectivity index (χ1v) is 6.90. The zero-order valence-electron chi connectivity index (χ0n) is 13.1. The Kier molecular flexibility index (Phi) is 6.75. The summed E-state index contributed by atoms with van der Waals surface area (Å²) >= 11 is 0. The number of carbonyl (C=O) groups is 1. The van der Waals surface area contributed by atoms with E-state index in [9.17, 15) is 4.79 Å². The fraction of sp³-hybridized carbons (Fsp3) is 0.375. The Balaban J connectivity index is 0.00000220. The minimum atomic E-state index is -0.00564. The molecule has 21 heavy (non-hydrogen) atoms. The van der Waals surface area contributed by atoms with Crippen molar-refractivity contribution in [3.8, 4) is 0 Å². The maximum atomic E-state index is 12.1. The summed E-state index contributed by atoms with van der Waals surface area (Å²) in [6.07, 6.45) is 5.86. The van der Waals surface area contributed by atoms with Crippen LogP contribution in [0.2, 0.25) is 0 Å². The van der Waals surface area contributed by atoms with Crippen molar-refractivity contribution in [2.45, 2.75) is 40.3 Å². The molecule has 1 N–H and O–H groups in total. The van der Waals surface area contributed by atoms with E-state index in [1.807, 2.05) is 55.3 Å². The van der Waals surface area contributed by atoms with Crippen LogP contribution in [0, 0.1) is 13.8 Å². The van der Waals surface area contributed by atoms with E-state index in [4.69, 9.17) is 0 Å². The van der Waals surface area contributed by atoms with Crippen molar-refractivity contribution in [3.63, 3.8) is 0 Å². The molecule has 1 radical (unpaired) electrons. The summed E-state index contributed by atoms with van der Waals surface area (Å²) in [6.45, 7) is 8.56. The molecular formula is C16H22N3OY+. The van der Waals surface area contributed by atoms with E-state index in [-0.39, 0.29) is 38.6 Å². The molecule has 1 heterocycles. The van der Waals surface area contributed by atoms with Crippen molar-refractivity contribution in [3.05, 3.63) is 48.0 Å². The molecule has 1 aromatic carbocycles. The van der Waals surface area contributed by atoms with Crippen LogP contribution in [0.15, 0.2) is 36.9 Å². The first kappa shape index (κ1) is 18.1. The first-order chi connectivity index (χ1) is 9.47. The van der Waals surface area contributed by atoms with Gasteiger partial charge in [-0.15, -0.1) is 0 Å². The number of nitrogens with one attached hydrogen (secondary N) is 1. The molecule has 5 heteroatoms. The fourth-order valence-corrected chi connectivity index (χ4v) is 2.17. The molecule has 0 fully saturated rings. The van der Waals surface area contributed by atoms with Gasteiger partial charge in [0.05, 0.1) is 6.04 Å². The molecule has 2 aromatic rings. The van der Waals surface area contributed by atoms with Gasteiger partial charge in [0.25, 0.3) is 5.91 Å². The molecular weight excluding hydrogens is 339 g/mol. The molecule has 1 aromatic heterocycles. The molecule has 0 aliphatic carbocycles. The van der Waals surface area contributed by atoms with Gasteiger partial charge in [-0.1, -0.05) is 18.2 Å². The smallest absolute Gasteiger partial charge is 0.266 e. The second kappa shape index (κ2) is 7.85. The average molecular weight is 361 g/mol. The topological polar surface area (TPSA) is 37.9 Å². The summed E-state index contributed by atoms with van der Waals surface area (Å²) in [5, 5.41) is 3.00. The third-order valence-electron chi connectivity index (χ3n) is 3.38. The monoisotopic (exact) mass is 361 g/mol. The predicted molar refractivity (Wildman–Crippen MR) is 79.6 cm³/mol. The Morgan fingerprint density at radius 1 is 1.29 bits per heavy atom. The molecule has 0 spiro atoms. The average Bonchev–Trinajstić information content (AvgIpc) is 2.82. The Hall–Kier alpha value is -0.996. The summed E-state index contributed by atoms with van der Waals surface area (Å²) in [5.41, 5.74) is 3.09. The van der Waals surface area contributed by atoms with Crippen molar-refractivity contribution in [2.24, 2.45) is 0 Å². The van der Waals surface area contributed by atoms with Crippen LogP contribution in [0.3, 0.4) is 0 Å². The van der Waals surface area contributed by atoms with E-state index in [0.29, 0.717) is 12.6 Å². The number of amides is 1. The van der Waals surface area contributed by atoms with Crippen molar-refractivity contribution < 1.29 is 42.1 Å². The first-order valence-electron chi connectivity index (χ1n) is 6.90. The van der Waals surface area contributed by atoms with Crippen LogP contribution in [0.25, 0.3) is 0 Å². The Morgan fingerprint density at radius 2 is 1.90 bits per heavy atom. The summed E-state index contributed by atoms with van der Waals surface area (Å²) in [4.78, 5) is 12.1. The van der Waals surface area contributed by atoms with E-state index in [1.54, 1.807) is 0 Å². The largest absolute Gasteiger partial charge is 0.322 e. The van der Waals surface area contributed by atoms with Crippen molar-refractivity contribution in [1.29, 1.82) is 0 Å². The maximum Gasteiger partial charge on any atom is 0.266 e. The fourth-order valence-electron chi connectivity index (χ4n) is 2.17. The Morgan fingerprint density at radius 3 is 2.43 bits per heavy atom. The summed E-state index contributed by atoms with van der Waals surface area (Å²) < 4.78 is 3.97. The number of nitrogens with zero attached hydrogens (tertiary/aromatic N) is 2. The van der Waals surface area contributed by atoms with E-state index >= 15 is 0 Å². The zero-order valence-corrected chi connectivity index (χ0v) is 16.0. The number of imidazole rings is 1. The number of hydrogen-bond acceptors (Lipinski definition) is 1. The van der Waals surface area contributed by atoms with Crippen LogP contribution in [0.5, 0.6) is 0 Å². The third kappa shape index (κ3) is 4.75. The van der Waals surface area contributed by atoms with Gasteiger partial charge >= 0.3 is 0 Å². The van der Waals surface area contributed by atoms with E-state index in [1.165, 1.54) is 0 Å². The molecule has 109 valence electrons. The van der Waals surface area contributed by atoms with Gasteiger partial charge in [0.2, 0.25) is 6.33 Å². The van der Waals surface area contributed by atoms with Gasteiger partial charge in [0.1, 0.15) is 12.4 Å². The number of para-hydroxylation sites is 1. The Bertz CT molecular complexity index is 599. The minimum absolute atomic E-state index is 0. The van der Waals surface area contributed by atoms with Gasteiger partial charge in [-0.25, -0.2) is 9.13 Å². The predicted octanol–water partition coefficient (Wildman–Crippen LogP) is 2.61. The molecule has 1 amide bonds. The molecule has 0 bridgehead atoms.